The summed E-state index contributed by atoms with van der Waals surface area (Å²) in [6, 6.07) is 4.88. The maximum atomic E-state index is 11.6. The van der Waals surface area contributed by atoms with Crippen molar-refractivity contribution in [3.63, 3.8) is 0 Å². The number of rotatable bonds is 3. The summed E-state index contributed by atoms with van der Waals surface area (Å²) < 4.78 is 4.62. The van der Waals surface area contributed by atoms with Crippen molar-refractivity contribution < 1.29 is 14.3 Å². The van der Waals surface area contributed by atoms with Gasteiger partial charge in [-0.3, -0.25) is 9.59 Å². The summed E-state index contributed by atoms with van der Waals surface area (Å²) in [6.07, 6.45) is 0. The molecule has 4 heteroatoms. The number of hydrogen-bond donors (Lipinski definition) is 0. The van der Waals surface area contributed by atoms with Crippen LogP contribution in [-0.4, -0.2) is 18.9 Å². The maximum Gasteiger partial charge on any atom is 0.320 e. The van der Waals surface area contributed by atoms with Gasteiger partial charge in [-0.2, -0.15) is 0 Å². The fraction of sp³-hybridized carbons (Fsp3) is 0.308. The van der Waals surface area contributed by atoms with Crippen molar-refractivity contribution in [3.8, 4) is 0 Å². The number of carbonyl (C=O) groups excluding carboxylic acids is 2. The lowest BCUT2D eigenvalue weighted by molar-refractivity contribution is -0.145. The van der Waals surface area contributed by atoms with E-state index in [1.807, 2.05) is 0 Å². The molecule has 1 aromatic rings. The normalized spacial score (nSPS) is 11.4. The number of Topliss-reactive ketones (excluding diaryl/α,β-unsaturated/α-hetero) is 1. The molecule has 0 heterocycles. The fourth-order valence-corrected chi connectivity index (χ4v) is 1.68. The zero-order valence-corrected chi connectivity index (χ0v) is 9.98. The van der Waals surface area contributed by atoms with Crippen LogP contribution in [0.1, 0.15) is 24.0 Å². The predicted octanol–water partition coefficient (Wildman–Crippen LogP) is 2.39. The van der Waals surface area contributed by atoms with Crippen LogP contribution in [0.4, 0.5) is 5.69 Å². The minimum absolute atomic E-state index is 0.268. The Hall–Kier alpha value is -2.15. The third kappa shape index (κ3) is 2.70. The lowest BCUT2D eigenvalue weighted by Crippen LogP contribution is -2.21. The molecule has 0 aliphatic rings. The number of aryl methyl sites for hydroxylation is 1. The molecule has 1 aromatic carbocycles. The third-order valence-electron chi connectivity index (χ3n) is 2.54. The Morgan fingerprint density at radius 1 is 1.41 bits per heavy atom. The van der Waals surface area contributed by atoms with Crippen LogP contribution in [0.3, 0.4) is 0 Å². The molecule has 1 atom stereocenters. The molecule has 0 aliphatic heterocycles. The van der Waals surface area contributed by atoms with Gasteiger partial charge in [-0.25, -0.2) is 4.85 Å². The highest BCUT2D eigenvalue weighted by Crippen LogP contribution is 2.26. The van der Waals surface area contributed by atoms with Gasteiger partial charge in [-0.1, -0.05) is 23.8 Å². The number of hydrogen-bond acceptors (Lipinski definition) is 3. The molecule has 0 N–H and O–H groups in total. The van der Waals surface area contributed by atoms with Gasteiger partial charge in [0, 0.05) is 0 Å². The van der Waals surface area contributed by atoms with E-state index in [1.165, 1.54) is 14.0 Å². The Morgan fingerprint density at radius 2 is 2.06 bits per heavy atom. The van der Waals surface area contributed by atoms with E-state index in [4.69, 9.17) is 6.57 Å². The van der Waals surface area contributed by atoms with Gasteiger partial charge in [-0.15, -0.1) is 0 Å². The molecular formula is C13H13NO3. The van der Waals surface area contributed by atoms with Crippen molar-refractivity contribution in [1.29, 1.82) is 0 Å². The van der Waals surface area contributed by atoms with Gasteiger partial charge < -0.3 is 4.74 Å². The van der Waals surface area contributed by atoms with Gasteiger partial charge in [0.05, 0.1) is 13.7 Å². The average molecular weight is 231 g/mol. The zero-order valence-electron chi connectivity index (χ0n) is 9.98. The molecule has 1 rings (SSSR count). The minimum Gasteiger partial charge on any atom is -0.468 e. The summed E-state index contributed by atoms with van der Waals surface area (Å²) in [5.74, 6) is -1.74. The van der Waals surface area contributed by atoms with Gasteiger partial charge >= 0.3 is 5.97 Å². The number of ketones is 1. The van der Waals surface area contributed by atoms with Crippen LogP contribution in [-0.2, 0) is 14.3 Å². The largest absolute Gasteiger partial charge is 0.468 e. The van der Waals surface area contributed by atoms with Crippen molar-refractivity contribution in [2.75, 3.05) is 7.11 Å². The molecule has 88 valence electrons. The highest BCUT2D eigenvalue weighted by molar-refractivity contribution is 6.03. The molecule has 0 saturated heterocycles. The summed E-state index contributed by atoms with van der Waals surface area (Å²) in [6.45, 7) is 10.0. The quantitative estimate of drug-likeness (QED) is 0.456. The number of benzene rings is 1. The first-order valence-corrected chi connectivity index (χ1v) is 5.07. The molecule has 4 nitrogen and oxygen atoms in total. The highest BCUT2D eigenvalue weighted by atomic mass is 16.5. The summed E-state index contributed by atoms with van der Waals surface area (Å²) in [5.41, 5.74) is 1.82. The van der Waals surface area contributed by atoms with E-state index in [0.29, 0.717) is 11.3 Å². The van der Waals surface area contributed by atoms with Crippen LogP contribution in [0.5, 0.6) is 0 Å². The molecule has 0 saturated carbocycles. The van der Waals surface area contributed by atoms with Crippen LogP contribution in [0.2, 0.25) is 0 Å². The SMILES string of the molecule is [C-]#[N+]c1ccc(C(C(C)=O)C(=O)OC)c(C)c1. The summed E-state index contributed by atoms with van der Waals surface area (Å²) in [5, 5.41) is 0. The van der Waals surface area contributed by atoms with E-state index in [-0.39, 0.29) is 5.78 Å². The van der Waals surface area contributed by atoms with Gasteiger partial charge in [0.2, 0.25) is 0 Å². The zero-order chi connectivity index (χ0) is 13.0. The van der Waals surface area contributed by atoms with Crippen LogP contribution in [0, 0.1) is 13.5 Å². The van der Waals surface area contributed by atoms with E-state index in [0.717, 1.165) is 5.56 Å². The molecular weight excluding hydrogens is 218 g/mol. The van der Waals surface area contributed by atoms with Crippen molar-refractivity contribution in [3.05, 3.63) is 40.7 Å². The molecule has 1 unspecified atom stereocenters. The second-order valence-electron chi connectivity index (χ2n) is 3.72. The number of carbonyl (C=O) groups is 2. The number of ether oxygens (including phenoxy) is 1. The topological polar surface area (TPSA) is 47.7 Å². The number of methoxy groups -OCH3 is 1. The number of esters is 1. The molecule has 0 radical (unpaired) electrons. The first-order chi connectivity index (χ1) is 8.01. The van der Waals surface area contributed by atoms with Crippen LogP contribution >= 0.6 is 0 Å². The van der Waals surface area contributed by atoms with E-state index in [9.17, 15) is 9.59 Å². The van der Waals surface area contributed by atoms with Gasteiger partial charge in [0.25, 0.3) is 0 Å². The second-order valence-corrected chi connectivity index (χ2v) is 3.72. The van der Waals surface area contributed by atoms with Gasteiger partial charge in [0.15, 0.2) is 5.69 Å². The first-order valence-electron chi connectivity index (χ1n) is 5.07. The standard InChI is InChI=1S/C13H13NO3/c1-8-7-10(14-3)5-6-11(8)12(9(2)15)13(16)17-4/h5-7,12H,1-2,4H3. The van der Waals surface area contributed by atoms with Crippen molar-refractivity contribution in [2.24, 2.45) is 0 Å². The average Bonchev–Trinajstić information content (AvgIpc) is 2.30. The summed E-state index contributed by atoms with van der Waals surface area (Å²) in [4.78, 5) is 26.3. The van der Waals surface area contributed by atoms with Gasteiger partial charge in [0.1, 0.15) is 11.7 Å². The molecule has 0 fully saturated rings. The van der Waals surface area contributed by atoms with Crippen LogP contribution in [0.25, 0.3) is 4.85 Å². The second kappa shape index (κ2) is 5.26. The lowest BCUT2D eigenvalue weighted by Gasteiger charge is -2.14. The Kier molecular flexibility index (Phi) is 4.00. The van der Waals surface area contributed by atoms with Crippen molar-refractivity contribution in [1.82, 2.24) is 0 Å². The maximum absolute atomic E-state index is 11.6. The summed E-state index contributed by atoms with van der Waals surface area (Å²) >= 11 is 0. The van der Waals surface area contributed by atoms with Crippen molar-refractivity contribution in [2.45, 2.75) is 19.8 Å². The third-order valence-corrected chi connectivity index (χ3v) is 2.54. The Morgan fingerprint density at radius 3 is 2.47 bits per heavy atom. The van der Waals surface area contributed by atoms with E-state index >= 15 is 0 Å². The minimum atomic E-state index is -0.903. The Balaban J connectivity index is 3.25. The monoisotopic (exact) mass is 231 g/mol. The fourth-order valence-electron chi connectivity index (χ4n) is 1.68. The van der Waals surface area contributed by atoms with Crippen molar-refractivity contribution >= 4 is 17.4 Å². The van der Waals surface area contributed by atoms with E-state index < -0.39 is 11.9 Å². The lowest BCUT2D eigenvalue weighted by atomic mass is 9.91. The summed E-state index contributed by atoms with van der Waals surface area (Å²) in [7, 11) is 1.25. The smallest absolute Gasteiger partial charge is 0.320 e. The number of nitrogens with zero attached hydrogens (tertiary/aromatic N) is 1. The Labute approximate surface area is 100 Å². The highest BCUT2D eigenvalue weighted by Gasteiger charge is 2.27. The predicted molar refractivity (Wildman–Crippen MR) is 62.9 cm³/mol. The van der Waals surface area contributed by atoms with Crippen LogP contribution < -0.4 is 0 Å². The van der Waals surface area contributed by atoms with Gasteiger partial charge in [-0.05, 0) is 19.4 Å². The molecule has 0 bridgehead atoms. The molecule has 0 aromatic heterocycles. The molecule has 17 heavy (non-hydrogen) atoms. The van der Waals surface area contributed by atoms with E-state index in [2.05, 4.69) is 9.58 Å². The molecule has 0 amide bonds. The molecule has 0 aliphatic carbocycles. The Bertz CT molecular complexity index is 500. The van der Waals surface area contributed by atoms with Crippen LogP contribution in [0.15, 0.2) is 18.2 Å². The van der Waals surface area contributed by atoms with E-state index in [1.54, 1.807) is 25.1 Å². The first kappa shape index (κ1) is 12.9. The molecule has 0 spiro atoms.